The van der Waals surface area contributed by atoms with Crippen LogP contribution in [0.1, 0.15) is 22.7 Å². The van der Waals surface area contributed by atoms with Gasteiger partial charge in [-0.2, -0.15) is 0 Å². The molecule has 0 saturated carbocycles. The molecule has 0 saturated heterocycles. The van der Waals surface area contributed by atoms with Crippen LogP contribution in [0.2, 0.25) is 10.0 Å². The van der Waals surface area contributed by atoms with Gasteiger partial charge in [-0.15, -0.1) is 0 Å². The minimum atomic E-state index is -0.0356. The van der Waals surface area contributed by atoms with Crippen LogP contribution in [0.3, 0.4) is 0 Å². The minimum absolute atomic E-state index is 0.0356. The van der Waals surface area contributed by atoms with E-state index in [4.69, 9.17) is 29.0 Å². The van der Waals surface area contributed by atoms with Gasteiger partial charge in [-0.3, -0.25) is 11.3 Å². The van der Waals surface area contributed by atoms with Crippen molar-refractivity contribution < 1.29 is 0 Å². The summed E-state index contributed by atoms with van der Waals surface area (Å²) in [7, 11) is 0. The third-order valence-corrected chi connectivity index (χ3v) is 3.62. The zero-order chi connectivity index (χ0) is 13.8. The van der Waals surface area contributed by atoms with Crippen LogP contribution in [0, 0.1) is 6.92 Å². The summed E-state index contributed by atoms with van der Waals surface area (Å²) >= 11 is 12.1. The molecule has 100 valence electrons. The fourth-order valence-corrected chi connectivity index (χ4v) is 2.66. The molecule has 0 radical (unpaired) electrons. The number of hydrogen-bond donors (Lipinski definition) is 2. The van der Waals surface area contributed by atoms with Crippen molar-refractivity contribution in [1.82, 2.24) is 5.43 Å². The minimum Gasteiger partial charge on any atom is -0.271 e. The van der Waals surface area contributed by atoms with Gasteiger partial charge in [-0.25, -0.2) is 0 Å². The second kappa shape index (κ2) is 6.40. The lowest BCUT2D eigenvalue weighted by atomic mass is 9.98. The number of rotatable bonds is 4. The maximum atomic E-state index is 6.22. The molecule has 4 heteroatoms. The summed E-state index contributed by atoms with van der Waals surface area (Å²) in [6.07, 6.45) is 0.777. The summed E-state index contributed by atoms with van der Waals surface area (Å²) in [5.41, 5.74) is 6.22. The van der Waals surface area contributed by atoms with E-state index in [-0.39, 0.29) is 6.04 Å². The van der Waals surface area contributed by atoms with Crippen molar-refractivity contribution in [3.05, 3.63) is 69.2 Å². The van der Waals surface area contributed by atoms with E-state index in [1.807, 2.05) is 18.2 Å². The normalized spacial score (nSPS) is 12.4. The predicted octanol–water partition coefficient (Wildman–Crippen LogP) is 4.05. The van der Waals surface area contributed by atoms with E-state index >= 15 is 0 Å². The number of aryl methyl sites for hydroxylation is 1. The zero-order valence-corrected chi connectivity index (χ0v) is 12.2. The molecule has 0 fully saturated rings. The average Bonchev–Trinajstić information content (AvgIpc) is 2.37. The highest BCUT2D eigenvalue weighted by Crippen LogP contribution is 2.28. The number of nitrogens with one attached hydrogen (secondary N) is 1. The highest BCUT2D eigenvalue weighted by atomic mass is 35.5. The molecule has 2 nitrogen and oxygen atoms in total. The molecule has 2 rings (SSSR count). The van der Waals surface area contributed by atoms with E-state index in [1.165, 1.54) is 11.1 Å². The Morgan fingerprint density at radius 2 is 1.95 bits per heavy atom. The Bertz CT molecular complexity index is 570. The van der Waals surface area contributed by atoms with Crippen LogP contribution in [0.4, 0.5) is 0 Å². The van der Waals surface area contributed by atoms with Gasteiger partial charge in [0, 0.05) is 10.0 Å². The lowest BCUT2D eigenvalue weighted by Gasteiger charge is -2.18. The summed E-state index contributed by atoms with van der Waals surface area (Å²) in [5, 5.41) is 1.25. The predicted molar refractivity (Wildman–Crippen MR) is 81.4 cm³/mol. The Labute approximate surface area is 123 Å². The molecule has 0 spiro atoms. The molecule has 0 heterocycles. The number of halogens is 2. The van der Waals surface area contributed by atoms with Crippen LogP contribution < -0.4 is 11.3 Å². The van der Waals surface area contributed by atoms with Gasteiger partial charge in [0.25, 0.3) is 0 Å². The zero-order valence-electron chi connectivity index (χ0n) is 10.7. The third kappa shape index (κ3) is 3.71. The van der Waals surface area contributed by atoms with E-state index in [0.717, 1.165) is 12.0 Å². The van der Waals surface area contributed by atoms with E-state index in [0.29, 0.717) is 10.0 Å². The van der Waals surface area contributed by atoms with Gasteiger partial charge < -0.3 is 0 Å². The first-order chi connectivity index (χ1) is 9.10. The molecule has 0 aliphatic rings. The van der Waals surface area contributed by atoms with Crippen molar-refractivity contribution in [2.45, 2.75) is 19.4 Å². The van der Waals surface area contributed by atoms with Gasteiger partial charge >= 0.3 is 0 Å². The third-order valence-electron chi connectivity index (χ3n) is 3.06. The Kier molecular flexibility index (Phi) is 4.83. The van der Waals surface area contributed by atoms with Crippen molar-refractivity contribution in [1.29, 1.82) is 0 Å². The van der Waals surface area contributed by atoms with E-state index < -0.39 is 0 Å². The summed E-state index contributed by atoms with van der Waals surface area (Å²) in [5.74, 6) is 5.66. The Hall–Kier alpha value is -1.06. The monoisotopic (exact) mass is 294 g/mol. The van der Waals surface area contributed by atoms with Gasteiger partial charge in [-0.1, -0.05) is 59.1 Å². The lowest BCUT2D eigenvalue weighted by molar-refractivity contribution is 0.552. The van der Waals surface area contributed by atoms with Gasteiger partial charge in [0.2, 0.25) is 0 Å². The van der Waals surface area contributed by atoms with Crippen molar-refractivity contribution in [3.8, 4) is 0 Å². The number of hydrazine groups is 1. The average molecular weight is 295 g/mol. The van der Waals surface area contributed by atoms with Gasteiger partial charge in [0.1, 0.15) is 0 Å². The van der Waals surface area contributed by atoms with Crippen LogP contribution in [-0.4, -0.2) is 0 Å². The topological polar surface area (TPSA) is 38.0 Å². The summed E-state index contributed by atoms with van der Waals surface area (Å²) in [6.45, 7) is 2.07. The van der Waals surface area contributed by atoms with E-state index in [2.05, 4.69) is 30.5 Å². The molecule has 19 heavy (non-hydrogen) atoms. The highest BCUT2D eigenvalue weighted by molar-refractivity contribution is 6.35. The second-order valence-corrected chi connectivity index (χ2v) is 5.42. The molecular formula is C15H16Cl2N2. The quantitative estimate of drug-likeness (QED) is 0.659. The SMILES string of the molecule is Cc1cccc(CC(NN)c2ccc(Cl)cc2Cl)c1. The van der Waals surface area contributed by atoms with Crippen molar-refractivity contribution in [2.24, 2.45) is 5.84 Å². The van der Waals surface area contributed by atoms with Crippen LogP contribution >= 0.6 is 23.2 Å². The Morgan fingerprint density at radius 1 is 1.16 bits per heavy atom. The van der Waals surface area contributed by atoms with Crippen molar-refractivity contribution in [2.75, 3.05) is 0 Å². The molecule has 0 amide bonds. The fourth-order valence-electron chi connectivity index (χ4n) is 2.12. The first-order valence-electron chi connectivity index (χ1n) is 6.07. The maximum absolute atomic E-state index is 6.22. The molecule has 2 aromatic rings. The van der Waals surface area contributed by atoms with Crippen LogP contribution in [0.25, 0.3) is 0 Å². The molecule has 0 aromatic heterocycles. The first kappa shape index (κ1) is 14.4. The number of nitrogens with two attached hydrogens (primary N) is 1. The fraction of sp³-hybridized carbons (Fsp3) is 0.200. The molecule has 2 aromatic carbocycles. The van der Waals surface area contributed by atoms with Gasteiger partial charge in [0.05, 0.1) is 6.04 Å². The Balaban J connectivity index is 2.25. The summed E-state index contributed by atoms with van der Waals surface area (Å²) < 4.78 is 0. The second-order valence-electron chi connectivity index (χ2n) is 4.58. The van der Waals surface area contributed by atoms with E-state index in [1.54, 1.807) is 6.07 Å². The van der Waals surface area contributed by atoms with Crippen LogP contribution in [-0.2, 0) is 6.42 Å². The Morgan fingerprint density at radius 3 is 2.58 bits per heavy atom. The van der Waals surface area contributed by atoms with Gasteiger partial charge in [-0.05, 0) is 36.6 Å². The first-order valence-corrected chi connectivity index (χ1v) is 6.82. The molecule has 0 bridgehead atoms. The highest BCUT2D eigenvalue weighted by Gasteiger charge is 2.14. The molecular weight excluding hydrogens is 279 g/mol. The summed E-state index contributed by atoms with van der Waals surface area (Å²) in [6, 6.07) is 13.8. The van der Waals surface area contributed by atoms with Crippen LogP contribution in [0.15, 0.2) is 42.5 Å². The van der Waals surface area contributed by atoms with Crippen LogP contribution in [0.5, 0.6) is 0 Å². The summed E-state index contributed by atoms with van der Waals surface area (Å²) in [4.78, 5) is 0. The largest absolute Gasteiger partial charge is 0.271 e. The standard InChI is InChI=1S/C15H16Cl2N2/c1-10-3-2-4-11(7-10)8-15(19-18)13-6-5-12(16)9-14(13)17/h2-7,9,15,19H,8,18H2,1H3. The number of benzene rings is 2. The number of hydrogen-bond acceptors (Lipinski definition) is 2. The van der Waals surface area contributed by atoms with Crippen molar-refractivity contribution >= 4 is 23.2 Å². The molecule has 3 N–H and O–H groups in total. The molecule has 0 aliphatic heterocycles. The smallest absolute Gasteiger partial charge is 0.0515 e. The van der Waals surface area contributed by atoms with Gasteiger partial charge in [0.15, 0.2) is 0 Å². The molecule has 0 aliphatic carbocycles. The maximum Gasteiger partial charge on any atom is 0.0515 e. The lowest BCUT2D eigenvalue weighted by Crippen LogP contribution is -2.29. The molecule has 1 unspecified atom stereocenters. The molecule has 1 atom stereocenters. The van der Waals surface area contributed by atoms with E-state index in [9.17, 15) is 0 Å². The van der Waals surface area contributed by atoms with Crippen molar-refractivity contribution in [3.63, 3.8) is 0 Å².